The number of hydrogen-bond donors (Lipinski definition) is 0. The molecular formula is C12H12ClNO2Se. The molecule has 0 spiro atoms. The van der Waals surface area contributed by atoms with E-state index in [4.69, 9.17) is 16.3 Å². The summed E-state index contributed by atoms with van der Waals surface area (Å²) in [4.78, 5) is 14.2. The van der Waals surface area contributed by atoms with Crippen molar-refractivity contribution in [3.05, 3.63) is 34.9 Å². The molecular weight excluding hydrogens is 305 g/mol. The van der Waals surface area contributed by atoms with Crippen molar-refractivity contribution in [3.8, 4) is 0 Å². The van der Waals surface area contributed by atoms with Gasteiger partial charge in [-0.25, -0.2) is 0 Å². The van der Waals surface area contributed by atoms with Crippen LogP contribution >= 0.6 is 11.6 Å². The third-order valence-electron chi connectivity index (χ3n) is 2.60. The number of ketones is 1. The number of morpholine rings is 1. The molecule has 0 radical (unpaired) electrons. The molecule has 0 aromatic heterocycles. The minimum absolute atomic E-state index is 0.00330. The molecule has 1 aliphatic rings. The van der Waals surface area contributed by atoms with Gasteiger partial charge in [0.15, 0.2) is 0 Å². The van der Waals surface area contributed by atoms with Gasteiger partial charge in [0.05, 0.1) is 0 Å². The summed E-state index contributed by atoms with van der Waals surface area (Å²) >= 11 is 8.66. The van der Waals surface area contributed by atoms with Crippen LogP contribution in [0.25, 0.3) is 0 Å². The first-order valence-electron chi connectivity index (χ1n) is 5.35. The number of benzene rings is 1. The molecule has 0 saturated carbocycles. The van der Waals surface area contributed by atoms with E-state index >= 15 is 0 Å². The molecule has 0 bridgehead atoms. The Labute approximate surface area is 113 Å². The van der Waals surface area contributed by atoms with Crippen LogP contribution in [0.4, 0.5) is 0 Å². The van der Waals surface area contributed by atoms with Crippen LogP contribution in [0.3, 0.4) is 0 Å². The molecule has 0 amide bonds. The van der Waals surface area contributed by atoms with Gasteiger partial charge in [-0.15, -0.1) is 0 Å². The van der Waals surface area contributed by atoms with Crippen LogP contribution in [0.15, 0.2) is 24.3 Å². The van der Waals surface area contributed by atoms with Gasteiger partial charge in [0.2, 0.25) is 0 Å². The van der Waals surface area contributed by atoms with E-state index in [-0.39, 0.29) is 5.78 Å². The van der Waals surface area contributed by atoms with Crippen LogP contribution in [0.5, 0.6) is 0 Å². The second-order valence-electron chi connectivity index (χ2n) is 3.74. The number of carbonyl (C=O) groups excluding carboxylic acids is 1. The van der Waals surface area contributed by atoms with Crippen molar-refractivity contribution in [1.29, 1.82) is 0 Å². The van der Waals surface area contributed by atoms with Crippen molar-refractivity contribution in [2.45, 2.75) is 0 Å². The van der Waals surface area contributed by atoms with E-state index in [2.05, 4.69) is 15.6 Å². The number of carbonyl (C=O) groups is 1. The van der Waals surface area contributed by atoms with E-state index in [1.807, 2.05) is 4.90 Å². The van der Waals surface area contributed by atoms with Gasteiger partial charge in [-0.1, -0.05) is 0 Å². The van der Waals surface area contributed by atoms with Gasteiger partial charge in [0.25, 0.3) is 0 Å². The Morgan fingerprint density at radius 3 is 2.41 bits per heavy atom. The molecule has 5 heteroatoms. The van der Waals surface area contributed by atoms with Crippen molar-refractivity contribution in [3.63, 3.8) is 0 Å². The first-order valence-corrected chi connectivity index (χ1v) is 6.59. The van der Waals surface area contributed by atoms with E-state index in [0.717, 1.165) is 13.1 Å². The zero-order chi connectivity index (χ0) is 12.3. The molecule has 0 N–H and O–H groups in total. The van der Waals surface area contributed by atoms with E-state index in [1.165, 1.54) is 0 Å². The third kappa shape index (κ3) is 3.17. The first kappa shape index (κ1) is 12.8. The molecule has 3 nitrogen and oxygen atoms in total. The Morgan fingerprint density at radius 2 is 1.82 bits per heavy atom. The van der Waals surface area contributed by atoms with Crippen LogP contribution in [0, 0.1) is 0 Å². The Kier molecular flexibility index (Phi) is 4.35. The van der Waals surface area contributed by atoms with Gasteiger partial charge >= 0.3 is 113 Å². The van der Waals surface area contributed by atoms with Crippen LogP contribution < -0.4 is 0 Å². The molecule has 2 rings (SSSR count). The van der Waals surface area contributed by atoms with E-state index < -0.39 is 0 Å². The van der Waals surface area contributed by atoms with Crippen molar-refractivity contribution in [2.24, 2.45) is 0 Å². The number of rotatable bonds is 3. The van der Waals surface area contributed by atoms with Crippen LogP contribution in [-0.2, 0) is 4.74 Å². The van der Waals surface area contributed by atoms with Crippen LogP contribution in [0.2, 0.25) is 5.02 Å². The Bertz CT molecular complexity index is 427. The maximum absolute atomic E-state index is 12.2. The zero-order valence-electron chi connectivity index (χ0n) is 9.19. The fraction of sp³-hybridized carbons (Fsp3) is 0.333. The summed E-state index contributed by atoms with van der Waals surface area (Å²) in [6.45, 7) is 2.83. The molecule has 1 aromatic rings. The van der Waals surface area contributed by atoms with E-state index in [9.17, 15) is 4.79 Å². The number of Topliss-reactive ketones (excluding diaryl/α,β-unsaturated/α-hetero) is 1. The molecule has 1 aromatic carbocycles. The Balaban J connectivity index is 2.08. The average molecular weight is 317 g/mol. The molecule has 1 saturated heterocycles. The normalized spacial score (nSPS) is 15.7. The number of ether oxygens (including phenoxy) is 1. The monoisotopic (exact) mass is 317 g/mol. The first-order chi connectivity index (χ1) is 8.18. The minimum atomic E-state index is 0.00330. The van der Waals surface area contributed by atoms with Gasteiger partial charge in [-0.3, -0.25) is 0 Å². The average Bonchev–Trinajstić information content (AvgIpc) is 2.39. The summed E-state index contributed by atoms with van der Waals surface area (Å²) in [5.74, 6) is 0.00330. The summed E-state index contributed by atoms with van der Waals surface area (Å²) in [6.07, 6.45) is 0. The Morgan fingerprint density at radius 1 is 1.24 bits per heavy atom. The molecule has 1 aliphatic heterocycles. The molecule has 0 unspecified atom stereocenters. The third-order valence-corrected chi connectivity index (χ3v) is 3.78. The van der Waals surface area contributed by atoms with Crippen LogP contribution in [0.1, 0.15) is 10.4 Å². The topological polar surface area (TPSA) is 29.5 Å². The second-order valence-corrected chi connectivity index (χ2v) is 4.99. The predicted octanol–water partition coefficient (Wildman–Crippen LogP) is 1.15. The quantitative estimate of drug-likeness (QED) is 0.619. The van der Waals surface area contributed by atoms with Gasteiger partial charge in [-0.2, -0.15) is 0 Å². The summed E-state index contributed by atoms with van der Waals surface area (Å²) < 4.78 is 5.90. The van der Waals surface area contributed by atoms with E-state index in [0.29, 0.717) is 28.3 Å². The van der Waals surface area contributed by atoms with Gasteiger partial charge in [0.1, 0.15) is 0 Å². The van der Waals surface area contributed by atoms with Crippen molar-refractivity contribution < 1.29 is 9.53 Å². The molecule has 17 heavy (non-hydrogen) atoms. The zero-order valence-corrected chi connectivity index (χ0v) is 11.7. The molecule has 0 atom stereocenters. The van der Waals surface area contributed by atoms with Crippen molar-refractivity contribution in [1.82, 2.24) is 4.90 Å². The summed E-state index contributed by atoms with van der Waals surface area (Å²) in [7, 11) is 0. The summed E-state index contributed by atoms with van der Waals surface area (Å²) in [5, 5.41) is 0.634. The van der Waals surface area contributed by atoms with Gasteiger partial charge in [0, 0.05) is 0 Å². The van der Waals surface area contributed by atoms with E-state index in [1.54, 1.807) is 24.3 Å². The van der Waals surface area contributed by atoms with Crippen molar-refractivity contribution >= 4 is 37.5 Å². The Hall–Kier alpha value is -0.671. The number of nitrogens with zero attached hydrogens (tertiary/aromatic N) is 1. The summed E-state index contributed by atoms with van der Waals surface area (Å²) in [6, 6.07) is 6.92. The predicted molar refractivity (Wildman–Crippen MR) is 68.9 cm³/mol. The fourth-order valence-electron chi connectivity index (χ4n) is 1.63. The molecule has 90 valence electrons. The summed E-state index contributed by atoms with van der Waals surface area (Å²) in [5.41, 5.74) is 0.648. The molecule has 1 heterocycles. The van der Waals surface area contributed by atoms with Crippen LogP contribution in [-0.4, -0.2) is 57.1 Å². The number of hydrogen-bond acceptors (Lipinski definition) is 3. The van der Waals surface area contributed by atoms with Gasteiger partial charge < -0.3 is 0 Å². The van der Waals surface area contributed by atoms with Crippen molar-refractivity contribution in [2.75, 3.05) is 26.3 Å². The van der Waals surface area contributed by atoms with Gasteiger partial charge in [-0.05, 0) is 0 Å². The standard InChI is InChI=1S/C12H12ClNO2Se/c13-10-3-1-9(2-4-10)11(15)12(17)14-5-7-16-8-6-14/h1-4H,5-8H2. The second kappa shape index (κ2) is 5.78. The SMILES string of the molecule is O=C(C(=[Se])N1CCOCC1)c1ccc(Cl)cc1. The molecule has 0 aliphatic carbocycles. The maximum atomic E-state index is 12.2. The fourth-order valence-corrected chi connectivity index (χ4v) is 2.39. The molecule has 1 fully saturated rings. The number of halogens is 1.